The third kappa shape index (κ3) is 5.80. The quantitative estimate of drug-likeness (QED) is 0.175. The van der Waals surface area contributed by atoms with Gasteiger partial charge in [-0.3, -0.25) is 0 Å². The number of fused-ring (bicyclic) bond motifs is 9. The van der Waals surface area contributed by atoms with Crippen LogP contribution in [-0.4, -0.2) is 7.28 Å². The normalized spacial score (nSPS) is 16.1. The van der Waals surface area contributed by atoms with E-state index in [-0.39, 0.29) is 16.2 Å². The van der Waals surface area contributed by atoms with Crippen LogP contribution in [0.4, 0.5) is 28.4 Å². The third-order valence-electron chi connectivity index (χ3n) is 14.9. The molecule has 0 amide bonds. The van der Waals surface area contributed by atoms with Crippen molar-refractivity contribution in [1.29, 1.82) is 0 Å². The highest BCUT2D eigenvalue weighted by Gasteiger charge is 2.46. The van der Waals surface area contributed by atoms with Gasteiger partial charge in [-0.15, -0.1) is 0 Å². The maximum atomic E-state index is 7.12. The van der Waals surface area contributed by atoms with E-state index in [4.69, 9.17) is 4.42 Å². The fraction of sp³-hybridized carbons (Fsp3) is 0.186. The zero-order chi connectivity index (χ0) is 42.8. The van der Waals surface area contributed by atoms with Crippen molar-refractivity contribution >= 4 is 68.6 Å². The minimum atomic E-state index is -0.207. The van der Waals surface area contributed by atoms with Gasteiger partial charge in [-0.05, 0) is 122 Å². The van der Waals surface area contributed by atoms with E-state index in [1.54, 1.807) is 0 Å². The first-order valence-corrected chi connectivity index (χ1v) is 22.7. The van der Waals surface area contributed by atoms with Gasteiger partial charge in [0, 0.05) is 38.8 Å². The molecular formula is C59H51BN2O. The number of furan rings is 1. The van der Waals surface area contributed by atoms with Gasteiger partial charge >= 0.3 is 0 Å². The Balaban J connectivity index is 1.16. The molecule has 12 rings (SSSR count). The highest BCUT2D eigenvalue weighted by atomic mass is 16.3. The maximum absolute atomic E-state index is 7.12. The molecule has 9 aromatic rings. The highest BCUT2D eigenvalue weighted by molar-refractivity contribution is 6.74. The van der Waals surface area contributed by atoms with Crippen LogP contribution in [0.5, 0.6) is 0 Å². The van der Waals surface area contributed by atoms with Crippen molar-refractivity contribution in [2.24, 2.45) is 0 Å². The van der Waals surface area contributed by atoms with Crippen molar-refractivity contribution < 1.29 is 4.42 Å². The molecule has 2 aliphatic heterocycles. The van der Waals surface area contributed by atoms with Crippen molar-refractivity contribution in [2.75, 3.05) is 10.2 Å². The van der Waals surface area contributed by atoms with Gasteiger partial charge in [-0.1, -0.05) is 168 Å². The lowest BCUT2D eigenvalue weighted by Gasteiger charge is -2.49. The van der Waals surface area contributed by atoms with Crippen molar-refractivity contribution in [1.82, 2.24) is 0 Å². The van der Waals surface area contributed by atoms with E-state index >= 15 is 0 Å². The monoisotopic (exact) mass is 814 g/mol. The topological polar surface area (TPSA) is 28.4 Å². The summed E-state index contributed by atoms with van der Waals surface area (Å²) in [6, 6.07) is 60.4. The number of hydrogen-bond donors (Lipinski definition) is 1. The average molecular weight is 815 g/mol. The van der Waals surface area contributed by atoms with Crippen LogP contribution >= 0.6 is 0 Å². The maximum Gasteiger partial charge on any atom is 0.198 e. The van der Waals surface area contributed by atoms with Crippen molar-refractivity contribution in [3.05, 3.63) is 186 Å². The van der Waals surface area contributed by atoms with Crippen LogP contribution in [0.2, 0.25) is 0 Å². The largest absolute Gasteiger partial charge is 0.454 e. The van der Waals surface area contributed by atoms with Crippen LogP contribution in [-0.2, 0) is 16.2 Å². The van der Waals surface area contributed by atoms with Crippen LogP contribution in [0.25, 0.3) is 55.3 Å². The van der Waals surface area contributed by atoms with E-state index in [9.17, 15) is 0 Å². The van der Waals surface area contributed by atoms with E-state index in [1.807, 2.05) is 0 Å². The van der Waals surface area contributed by atoms with Crippen LogP contribution in [0.1, 0.15) is 76.6 Å². The molecule has 0 saturated heterocycles. The molecule has 0 fully saturated rings. The smallest absolute Gasteiger partial charge is 0.198 e. The first-order valence-electron chi connectivity index (χ1n) is 22.7. The lowest BCUT2D eigenvalue weighted by atomic mass is 9.55. The summed E-state index contributed by atoms with van der Waals surface area (Å²) in [5.41, 5.74) is 23.1. The Bertz CT molecular complexity index is 3320. The predicted molar refractivity (Wildman–Crippen MR) is 268 cm³/mol. The lowest BCUT2D eigenvalue weighted by Crippen LogP contribution is -2.46. The molecule has 0 radical (unpaired) electrons. The first-order chi connectivity index (χ1) is 30.5. The average Bonchev–Trinajstić information content (AvgIpc) is 3.68. The molecule has 3 nitrogen and oxygen atoms in total. The summed E-state index contributed by atoms with van der Waals surface area (Å²) in [6.07, 6.45) is 2.34. The Morgan fingerprint density at radius 1 is 0.508 bits per heavy atom. The number of para-hydroxylation sites is 2. The number of nitrogens with one attached hydrogen (secondary N) is 1. The van der Waals surface area contributed by atoms with Crippen molar-refractivity contribution in [3.63, 3.8) is 0 Å². The summed E-state index contributed by atoms with van der Waals surface area (Å²) in [5, 5.41) is 6.21. The van der Waals surface area contributed by atoms with Crippen LogP contribution in [0, 0.1) is 0 Å². The zero-order valence-electron chi connectivity index (χ0n) is 37.1. The van der Waals surface area contributed by atoms with Crippen LogP contribution < -0.4 is 21.1 Å². The molecule has 1 aliphatic carbocycles. The number of rotatable bonds is 5. The second-order valence-corrected chi connectivity index (χ2v) is 20.1. The van der Waals surface area contributed by atoms with Gasteiger partial charge in [0.15, 0.2) is 12.9 Å². The predicted octanol–water partition coefficient (Wildman–Crippen LogP) is 14.5. The van der Waals surface area contributed by atoms with Gasteiger partial charge in [0.25, 0.3) is 0 Å². The number of nitrogens with zero attached hydrogens (tertiary/aromatic N) is 1. The summed E-state index contributed by atoms with van der Waals surface area (Å²) in [7, 11) is 0.782. The Morgan fingerprint density at radius 3 is 1.90 bits per heavy atom. The van der Waals surface area contributed by atoms with Gasteiger partial charge in [-0.2, -0.15) is 0 Å². The minimum Gasteiger partial charge on any atom is -0.454 e. The summed E-state index contributed by atoms with van der Waals surface area (Å²) >= 11 is 0. The van der Waals surface area contributed by atoms with E-state index in [0.717, 1.165) is 58.3 Å². The number of hydrogen-bond acceptors (Lipinski definition) is 3. The zero-order valence-corrected chi connectivity index (χ0v) is 37.1. The molecule has 1 N–H and O–H groups in total. The van der Waals surface area contributed by atoms with E-state index in [1.165, 1.54) is 78.8 Å². The lowest BCUT2D eigenvalue weighted by molar-refractivity contribution is 0.331. The van der Waals surface area contributed by atoms with E-state index < -0.39 is 0 Å². The number of anilines is 5. The fourth-order valence-corrected chi connectivity index (χ4v) is 11.3. The summed E-state index contributed by atoms with van der Waals surface area (Å²) in [5.74, 6) is 0. The molecule has 306 valence electrons. The molecule has 8 aromatic carbocycles. The van der Waals surface area contributed by atoms with Gasteiger partial charge in [0.05, 0.1) is 11.4 Å². The highest BCUT2D eigenvalue weighted by Crippen LogP contribution is 2.58. The van der Waals surface area contributed by atoms with Gasteiger partial charge in [-0.25, -0.2) is 0 Å². The SMILES string of the molecule is CC1(C)CCC(C)(C)c2cc3c(cc21)N1c2c(cccc2C3(C)C)Bc2c(-c3cc(-c4ccccc4)ccc3Nc3cccc(-c4ccccc4)c3)cc3c(oc4ccccc43)c21. The Morgan fingerprint density at radius 2 is 1.16 bits per heavy atom. The molecule has 0 unspecified atom stereocenters. The fourth-order valence-electron chi connectivity index (χ4n) is 11.3. The van der Waals surface area contributed by atoms with Gasteiger partial charge in [0.2, 0.25) is 0 Å². The second kappa shape index (κ2) is 13.6. The Labute approximate surface area is 371 Å². The molecule has 0 atom stereocenters. The summed E-state index contributed by atoms with van der Waals surface area (Å²) in [6.45, 7) is 14.7. The molecule has 1 aromatic heterocycles. The molecule has 3 aliphatic rings. The summed E-state index contributed by atoms with van der Waals surface area (Å²) in [4.78, 5) is 2.63. The van der Waals surface area contributed by atoms with Crippen molar-refractivity contribution in [3.8, 4) is 33.4 Å². The first kappa shape index (κ1) is 37.9. The number of benzene rings is 8. The summed E-state index contributed by atoms with van der Waals surface area (Å²) < 4.78 is 7.12. The van der Waals surface area contributed by atoms with Crippen LogP contribution in [0.3, 0.4) is 0 Å². The second-order valence-electron chi connectivity index (χ2n) is 20.1. The van der Waals surface area contributed by atoms with Crippen molar-refractivity contribution in [2.45, 2.75) is 70.6 Å². The molecule has 63 heavy (non-hydrogen) atoms. The molecular weight excluding hydrogens is 763 g/mol. The molecule has 4 heteroatoms. The molecule has 3 heterocycles. The Hall–Kier alpha value is -6.78. The van der Waals surface area contributed by atoms with E-state index in [0.29, 0.717) is 0 Å². The van der Waals surface area contributed by atoms with Crippen LogP contribution in [0.15, 0.2) is 168 Å². The van der Waals surface area contributed by atoms with Gasteiger partial charge in [0.1, 0.15) is 5.58 Å². The van der Waals surface area contributed by atoms with E-state index in [2.05, 4.69) is 216 Å². The molecule has 0 saturated carbocycles. The molecule has 0 bridgehead atoms. The minimum absolute atomic E-state index is 0.0508. The standard InChI is InChI=1S/C59H51BN2O/c1-57(2)29-30-58(3,4)47-35-51-48(34-46(47)57)59(5,6)45-24-16-25-49-54(45)62(51)55-53(60-49)43(33-44-41-23-13-14-26-52(41)63-56(44)55)42-32-39(37-19-11-8-12-20-37)27-28-50(42)61-40-22-15-21-38(31-40)36-17-9-7-10-18-36/h7-28,31-35,60-61H,29-30H2,1-6H3. The Kier molecular flexibility index (Phi) is 8.20. The molecule has 0 spiro atoms. The third-order valence-corrected chi connectivity index (χ3v) is 14.9. The van der Waals surface area contributed by atoms with Gasteiger partial charge < -0.3 is 14.6 Å².